The zero-order valence-electron chi connectivity index (χ0n) is 12.2. The minimum absolute atomic E-state index is 0.0957. The summed E-state index contributed by atoms with van der Waals surface area (Å²) < 4.78 is 27.6. The van der Waals surface area contributed by atoms with Crippen molar-refractivity contribution >= 4 is 21.6 Å². The van der Waals surface area contributed by atoms with Gasteiger partial charge in [-0.3, -0.25) is 0 Å². The summed E-state index contributed by atoms with van der Waals surface area (Å²) in [6.07, 6.45) is 1.21. The van der Waals surface area contributed by atoms with Gasteiger partial charge in [0.15, 0.2) is 0 Å². The molecule has 0 atom stereocenters. The molecule has 1 aromatic carbocycles. The molecule has 0 aliphatic heterocycles. The van der Waals surface area contributed by atoms with Crippen LogP contribution in [-0.2, 0) is 9.84 Å². The molecule has 0 amide bonds. The van der Waals surface area contributed by atoms with Crippen LogP contribution in [0.15, 0.2) is 33.9 Å². The van der Waals surface area contributed by atoms with E-state index in [-0.39, 0.29) is 5.75 Å². The molecule has 1 aromatic heterocycles. The van der Waals surface area contributed by atoms with Gasteiger partial charge in [0.05, 0.1) is 5.75 Å². The van der Waals surface area contributed by atoms with Gasteiger partial charge in [-0.15, -0.1) is 10.2 Å². The van der Waals surface area contributed by atoms with Gasteiger partial charge in [0.2, 0.25) is 5.89 Å². The number of aromatic nitrogens is 2. The van der Waals surface area contributed by atoms with Crippen molar-refractivity contribution in [2.24, 2.45) is 0 Å². The molecule has 1 heterocycles. The van der Waals surface area contributed by atoms with Crippen molar-refractivity contribution in [3.63, 3.8) is 0 Å². The van der Waals surface area contributed by atoms with Gasteiger partial charge >= 0.3 is 0 Å². The van der Waals surface area contributed by atoms with E-state index in [4.69, 9.17) is 4.42 Å². The average Bonchev–Trinajstić information content (AvgIpc) is 2.86. The topological polar surface area (TPSA) is 73.1 Å². The molecule has 0 saturated carbocycles. The normalized spacial score (nSPS) is 12.0. The van der Waals surface area contributed by atoms with Crippen LogP contribution in [0.25, 0.3) is 11.5 Å². The van der Waals surface area contributed by atoms with Crippen LogP contribution in [0, 0.1) is 0 Å². The molecule has 0 spiro atoms. The van der Waals surface area contributed by atoms with Crippen LogP contribution in [0.1, 0.15) is 25.3 Å². The summed E-state index contributed by atoms with van der Waals surface area (Å²) in [4.78, 5) is 0. The lowest BCUT2D eigenvalue weighted by atomic mass is 10.0. The summed E-state index contributed by atoms with van der Waals surface area (Å²) in [5.41, 5.74) is 2.11. The molecule has 114 valence electrons. The van der Waals surface area contributed by atoms with Crippen LogP contribution >= 0.6 is 11.8 Å². The molecular weight excluding hydrogens is 308 g/mol. The fourth-order valence-electron chi connectivity index (χ4n) is 1.68. The molecule has 2 aromatic rings. The maximum absolute atomic E-state index is 11.1. The molecule has 21 heavy (non-hydrogen) atoms. The molecule has 0 bridgehead atoms. The fourth-order valence-corrected chi connectivity index (χ4v) is 3.63. The van der Waals surface area contributed by atoms with Crippen LogP contribution in [0.5, 0.6) is 0 Å². The summed E-state index contributed by atoms with van der Waals surface area (Å²) in [5.74, 6) is 1.43. The predicted molar refractivity (Wildman–Crippen MR) is 84.3 cm³/mol. The lowest BCUT2D eigenvalue weighted by molar-refractivity contribution is 0.466. The van der Waals surface area contributed by atoms with Gasteiger partial charge in [0.25, 0.3) is 5.22 Å². The third-order valence-corrected chi connectivity index (χ3v) is 4.93. The Morgan fingerprint density at radius 3 is 2.43 bits per heavy atom. The van der Waals surface area contributed by atoms with Crippen LogP contribution in [0.2, 0.25) is 0 Å². The van der Waals surface area contributed by atoms with Crippen molar-refractivity contribution in [2.75, 3.05) is 17.8 Å². The second kappa shape index (κ2) is 6.62. The Balaban J connectivity index is 2.02. The van der Waals surface area contributed by atoms with Crippen molar-refractivity contribution in [3.8, 4) is 11.5 Å². The van der Waals surface area contributed by atoms with Crippen molar-refractivity contribution in [2.45, 2.75) is 25.0 Å². The van der Waals surface area contributed by atoms with E-state index in [1.807, 2.05) is 24.3 Å². The Hall–Kier alpha value is -1.34. The van der Waals surface area contributed by atoms with Gasteiger partial charge in [0.1, 0.15) is 9.84 Å². The van der Waals surface area contributed by atoms with Gasteiger partial charge in [-0.1, -0.05) is 37.7 Å². The van der Waals surface area contributed by atoms with E-state index >= 15 is 0 Å². The van der Waals surface area contributed by atoms with Crippen molar-refractivity contribution in [1.82, 2.24) is 10.2 Å². The highest BCUT2D eigenvalue weighted by Crippen LogP contribution is 2.24. The van der Waals surface area contributed by atoms with Crippen molar-refractivity contribution in [1.29, 1.82) is 0 Å². The quantitative estimate of drug-likeness (QED) is 0.760. The summed E-state index contributed by atoms with van der Waals surface area (Å²) >= 11 is 1.25. The summed E-state index contributed by atoms with van der Waals surface area (Å²) in [7, 11) is -2.96. The van der Waals surface area contributed by atoms with Gasteiger partial charge in [-0.25, -0.2) is 8.42 Å². The zero-order chi connectivity index (χ0) is 15.5. The van der Waals surface area contributed by atoms with E-state index in [9.17, 15) is 8.42 Å². The minimum Gasteiger partial charge on any atom is -0.411 e. The second-order valence-electron chi connectivity index (χ2n) is 5.13. The Morgan fingerprint density at radius 2 is 1.86 bits per heavy atom. The third kappa shape index (κ3) is 4.86. The number of rotatable bonds is 6. The van der Waals surface area contributed by atoms with Gasteiger partial charge in [0, 0.05) is 17.6 Å². The van der Waals surface area contributed by atoms with Gasteiger partial charge < -0.3 is 4.42 Å². The lowest BCUT2D eigenvalue weighted by Gasteiger charge is -2.04. The number of hydrogen-bond donors (Lipinski definition) is 0. The molecule has 0 N–H and O–H groups in total. The molecule has 0 radical (unpaired) electrons. The van der Waals surface area contributed by atoms with Crippen molar-refractivity contribution in [3.05, 3.63) is 29.8 Å². The highest BCUT2D eigenvalue weighted by Gasteiger charge is 2.11. The monoisotopic (exact) mass is 326 g/mol. The van der Waals surface area contributed by atoms with Gasteiger partial charge in [-0.05, 0) is 23.6 Å². The standard InChI is InChI=1S/C14H18N2O3S2/c1-10(2)11-4-6-12(7-5-11)13-15-16-14(19-13)20-8-9-21(3,17)18/h4-7,10H,8-9H2,1-3H3. The molecule has 0 aliphatic carbocycles. The van der Waals surface area contributed by atoms with E-state index in [1.165, 1.54) is 23.6 Å². The Bertz CT molecular complexity index is 691. The van der Waals surface area contributed by atoms with E-state index in [0.717, 1.165) is 5.56 Å². The number of benzene rings is 1. The molecule has 7 heteroatoms. The predicted octanol–water partition coefficient (Wildman–Crippen LogP) is 3.00. The number of nitrogens with zero attached hydrogens (tertiary/aromatic N) is 2. The average molecular weight is 326 g/mol. The first kappa shape index (κ1) is 16.0. The van der Waals surface area contributed by atoms with Crippen LogP contribution in [-0.4, -0.2) is 36.4 Å². The fraction of sp³-hybridized carbons (Fsp3) is 0.429. The van der Waals surface area contributed by atoms with E-state index in [1.54, 1.807) is 0 Å². The maximum atomic E-state index is 11.1. The number of sulfone groups is 1. The third-order valence-electron chi connectivity index (χ3n) is 2.91. The minimum atomic E-state index is -2.96. The van der Waals surface area contributed by atoms with E-state index in [2.05, 4.69) is 24.0 Å². The molecule has 0 fully saturated rings. The molecule has 0 unspecified atom stereocenters. The summed E-state index contributed by atoms with van der Waals surface area (Å²) in [6.45, 7) is 4.27. The van der Waals surface area contributed by atoms with E-state index in [0.29, 0.717) is 22.8 Å². The first-order valence-electron chi connectivity index (χ1n) is 6.59. The molecular formula is C14H18N2O3S2. The lowest BCUT2D eigenvalue weighted by Crippen LogP contribution is -2.04. The molecule has 0 saturated heterocycles. The highest BCUT2D eigenvalue weighted by molar-refractivity contribution is 8.00. The van der Waals surface area contributed by atoms with Crippen LogP contribution in [0.3, 0.4) is 0 Å². The first-order chi connectivity index (χ1) is 9.85. The Labute approximate surface area is 129 Å². The first-order valence-corrected chi connectivity index (χ1v) is 9.64. The van der Waals surface area contributed by atoms with Crippen molar-refractivity contribution < 1.29 is 12.8 Å². The molecule has 5 nitrogen and oxygen atoms in total. The second-order valence-corrected chi connectivity index (χ2v) is 8.43. The highest BCUT2D eigenvalue weighted by atomic mass is 32.2. The smallest absolute Gasteiger partial charge is 0.276 e. The maximum Gasteiger partial charge on any atom is 0.276 e. The van der Waals surface area contributed by atoms with Crippen LogP contribution in [0.4, 0.5) is 0 Å². The zero-order valence-corrected chi connectivity index (χ0v) is 13.9. The summed E-state index contributed by atoms with van der Waals surface area (Å²) in [6, 6.07) is 7.99. The van der Waals surface area contributed by atoms with E-state index < -0.39 is 9.84 Å². The number of thioether (sulfide) groups is 1. The van der Waals surface area contributed by atoms with Gasteiger partial charge in [-0.2, -0.15) is 0 Å². The SMILES string of the molecule is CC(C)c1ccc(-c2nnc(SCCS(C)(=O)=O)o2)cc1. The molecule has 2 rings (SSSR count). The Morgan fingerprint density at radius 1 is 1.19 bits per heavy atom. The van der Waals surface area contributed by atoms with Crippen LogP contribution < -0.4 is 0 Å². The Kier molecular flexibility index (Phi) is 5.05. The summed E-state index contributed by atoms with van der Waals surface area (Å²) in [5, 5.41) is 8.30. The number of hydrogen-bond acceptors (Lipinski definition) is 6. The largest absolute Gasteiger partial charge is 0.411 e. The molecule has 0 aliphatic rings.